The van der Waals surface area contributed by atoms with Crippen LogP contribution in [0.15, 0.2) is 0 Å². The molecule has 0 aliphatic heterocycles. The Kier molecular flexibility index (Phi) is 112. The Balaban J connectivity index is -0.0000000201. The summed E-state index contributed by atoms with van der Waals surface area (Å²) < 4.78 is 155. The van der Waals surface area contributed by atoms with E-state index in [1.807, 2.05) is 0 Å². The Hall–Kier alpha value is 4.37. The van der Waals surface area contributed by atoms with E-state index in [2.05, 4.69) is 0 Å². The van der Waals surface area contributed by atoms with Crippen LogP contribution in [-0.4, -0.2) is 27.3 Å². The molecule has 0 fully saturated rings. The second-order valence-electron chi connectivity index (χ2n) is 1.39. The molecule has 0 atom stereocenters. The summed E-state index contributed by atoms with van der Waals surface area (Å²) in [4.78, 5) is 0. The van der Waals surface area contributed by atoms with Gasteiger partial charge < -0.3 is 0 Å². The van der Waals surface area contributed by atoms with E-state index in [9.17, 15) is 0 Å². The molecule has 0 aliphatic rings. The van der Waals surface area contributed by atoms with E-state index in [1.54, 1.807) is 0 Å². The molecule has 0 saturated carbocycles. The molecule has 0 saturated heterocycles. The molecule has 0 rings (SSSR count). The van der Waals surface area contributed by atoms with Crippen molar-refractivity contribution in [3.63, 3.8) is 0 Å². The summed E-state index contributed by atoms with van der Waals surface area (Å²) in [5, 5.41) is 0. The molecule has 154 valence electrons. The van der Waals surface area contributed by atoms with Crippen LogP contribution in [0.5, 0.6) is 0 Å². The first-order valence-corrected chi connectivity index (χ1v) is 18.0. The predicted molar refractivity (Wildman–Crippen MR) is 12.6 cm³/mol. The summed E-state index contributed by atoms with van der Waals surface area (Å²) in [6.07, 6.45) is 0. The van der Waals surface area contributed by atoms with Crippen LogP contribution >= 0.6 is 0 Å². The van der Waals surface area contributed by atoms with Crippen LogP contribution in [0.3, 0.4) is 0 Å². The molecular formula is Nb4NiO18PbTi2Zr. The summed E-state index contributed by atoms with van der Waals surface area (Å²) in [6, 6.07) is 0. The van der Waals surface area contributed by atoms with Gasteiger partial charge in [-0.1, -0.05) is 0 Å². The number of hydrogen-bond acceptors (Lipinski definition) is 18. The Bertz CT molecular complexity index is 456. The zero-order valence-electron chi connectivity index (χ0n) is 11.5. The Morgan fingerprint density at radius 1 is 0.481 bits per heavy atom. The number of hydrogen-bond donors (Lipinski definition) is 0. The van der Waals surface area contributed by atoms with Crippen molar-refractivity contribution in [2.75, 3.05) is 0 Å². The molecule has 0 amide bonds. The molecule has 0 heterocycles. The van der Waals surface area contributed by atoms with Gasteiger partial charge in [-0.3, -0.25) is 0 Å². The van der Waals surface area contributed by atoms with Gasteiger partial charge in [0.1, 0.15) is 0 Å². The Morgan fingerprint density at radius 3 is 0.481 bits per heavy atom. The van der Waals surface area contributed by atoms with Gasteiger partial charge in [-0.25, -0.2) is 0 Å². The van der Waals surface area contributed by atoms with E-state index in [0.29, 0.717) is 0 Å². The second-order valence-corrected chi connectivity index (χ2v) is 7.35. The fourth-order valence-corrected chi connectivity index (χ4v) is 0. The molecule has 0 aromatic rings. The van der Waals surface area contributed by atoms with Gasteiger partial charge in [-0.05, 0) is 0 Å². The third-order valence-corrected chi connectivity index (χ3v) is 0. The maximum atomic E-state index is 8.60. The van der Waals surface area contributed by atoms with Gasteiger partial charge in [-0.15, -0.1) is 0 Å². The van der Waals surface area contributed by atoms with Crippen LogP contribution in [0.1, 0.15) is 0 Å². The second kappa shape index (κ2) is 52.3. The topological polar surface area (TPSA) is 355 Å². The van der Waals surface area contributed by atoms with Gasteiger partial charge in [0.2, 0.25) is 0 Å². The van der Waals surface area contributed by atoms with Crippen LogP contribution < -0.4 is 29.2 Å². The van der Waals surface area contributed by atoms with Gasteiger partial charge in [0.15, 0.2) is 0 Å². The third-order valence-electron chi connectivity index (χ3n) is 0. The van der Waals surface area contributed by atoms with Crippen molar-refractivity contribution >= 4 is 27.3 Å². The predicted octanol–water partition coefficient (Wildman–Crippen LogP) is -11.1. The van der Waals surface area contributed by atoms with Gasteiger partial charge in [0, 0.05) is 0 Å². The first-order chi connectivity index (χ1) is 10.4. The minimum Gasteiger partial charge on any atom is 2.00 e. The zero-order chi connectivity index (χ0) is 21.5. The van der Waals surface area contributed by atoms with Crippen LogP contribution in [0.2, 0.25) is 0 Å². The van der Waals surface area contributed by atoms with Crippen molar-refractivity contribution in [3.05, 3.63) is 0 Å². The average molecular weight is 1110 g/mol. The van der Waals surface area contributed by atoms with E-state index in [-0.39, 0.29) is 70.0 Å². The van der Waals surface area contributed by atoms with Gasteiger partial charge in [-0.2, -0.15) is 0 Å². The summed E-state index contributed by atoms with van der Waals surface area (Å²) in [6.45, 7) is 0. The fraction of sp³-hybridized carbons (Fsp3) is 0. The zero-order valence-corrected chi connectivity index (χ0v) is 30.7. The molecule has 0 spiro atoms. The molecule has 0 unspecified atom stereocenters. The van der Waals surface area contributed by atoms with E-state index in [1.165, 1.54) is 0 Å². The van der Waals surface area contributed by atoms with Crippen LogP contribution in [-0.2, 0) is 188 Å². The molecule has 27 heavy (non-hydrogen) atoms. The normalized spacial score (nSPS) is 5.63. The molecule has 0 aromatic heterocycles. The van der Waals surface area contributed by atoms with E-state index in [4.69, 9.17) is 61.9 Å². The first kappa shape index (κ1) is 57.8. The van der Waals surface area contributed by atoms with Crippen molar-refractivity contribution in [3.8, 4) is 0 Å². The van der Waals surface area contributed by atoms with Crippen LogP contribution in [0.25, 0.3) is 0 Å². The monoisotopic (exact) mass is 1110 g/mol. The molecule has 0 bridgehead atoms. The summed E-state index contributed by atoms with van der Waals surface area (Å²) in [5.74, 6) is 0. The molecule has 0 aromatic carbocycles. The molecule has 0 N–H and O–H groups in total. The Morgan fingerprint density at radius 2 is 0.481 bits per heavy atom. The number of rotatable bonds is 0. The summed E-state index contributed by atoms with van der Waals surface area (Å²) in [7, 11) is 0. The maximum Gasteiger partial charge on any atom is 4.00 e. The first-order valence-electron chi connectivity index (χ1n) is 3.42. The van der Waals surface area contributed by atoms with Crippen molar-refractivity contribution in [2.45, 2.75) is 0 Å². The molecule has 27 heteroatoms. The SMILES string of the molecule is [Ni+2].[O]=[Nb](=[O])[O-].[O]=[Nb](=[O])[O-].[O]=[Nb](=[O])[O-].[O]=[Nb](=[O])[O-].[O]=[Ti]([O-])[O-].[O]=[Ti]([O-])[O-].[Pb+2].[Zr+4]. The third kappa shape index (κ3) is 1280. The van der Waals surface area contributed by atoms with Crippen LogP contribution in [0, 0.1) is 0 Å². The molecular weight excluding hydrogens is 1110 g/mol. The van der Waals surface area contributed by atoms with Crippen LogP contribution in [0.4, 0.5) is 0 Å². The fourth-order valence-electron chi connectivity index (χ4n) is 0. The summed E-state index contributed by atoms with van der Waals surface area (Å²) in [5.41, 5.74) is 0. The smallest absolute Gasteiger partial charge is 2.00 e. The quantitative estimate of drug-likeness (QED) is 0.203. The summed E-state index contributed by atoms with van der Waals surface area (Å²) >= 11 is -25.0. The van der Waals surface area contributed by atoms with Gasteiger partial charge >= 0.3 is 244 Å². The van der Waals surface area contributed by atoms with Crippen molar-refractivity contribution < 1.29 is 217 Å². The maximum absolute atomic E-state index is 8.60. The van der Waals surface area contributed by atoms with Crippen molar-refractivity contribution in [2.24, 2.45) is 0 Å². The molecule has 18 nitrogen and oxygen atoms in total. The van der Waals surface area contributed by atoms with Crippen molar-refractivity contribution in [1.29, 1.82) is 0 Å². The van der Waals surface area contributed by atoms with Gasteiger partial charge in [0.05, 0.1) is 0 Å². The largest absolute Gasteiger partial charge is 4.00 e. The molecule has 0 aliphatic carbocycles. The minimum absolute atomic E-state index is 0. The average Bonchev–Trinajstić information content (AvgIpc) is 2.08. The Labute approximate surface area is 239 Å². The van der Waals surface area contributed by atoms with E-state index in [0.717, 1.165) is 0 Å². The standard InChI is InChI=1S/4Nb.Ni.18O.Pb.2Ti.Zr/q;;;;+2;;;;;;;;;;;8*-1;+2;;;+4. The van der Waals surface area contributed by atoms with E-state index >= 15 is 0 Å². The molecule has 2 radical (unpaired) electrons. The van der Waals surface area contributed by atoms with E-state index < -0.39 is 112 Å². The minimum atomic E-state index is -4.20. The van der Waals surface area contributed by atoms with Crippen molar-refractivity contribution in [1.82, 2.24) is 0 Å². The van der Waals surface area contributed by atoms with Gasteiger partial charge in [0.25, 0.3) is 0 Å².